The smallest absolute Gasteiger partial charge is 0.237 e. The van der Waals surface area contributed by atoms with Gasteiger partial charge in [0.25, 0.3) is 0 Å². The van der Waals surface area contributed by atoms with E-state index < -0.39 is 6.04 Å². The molecule has 27 heavy (non-hydrogen) atoms. The molecule has 1 aromatic rings. The quantitative estimate of drug-likeness (QED) is 0.712. The number of hydrogen-bond acceptors (Lipinski definition) is 4. The van der Waals surface area contributed by atoms with Crippen LogP contribution in [-0.4, -0.2) is 61.0 Å². The highest BCUT2D eigenvalue weighted by Crippen LogP contribution is 2.17. The van der Waals surface area contributed by atoms with E-state index in [4.69, 9.17) is 5.73 Å². The van der Waals surface area contributed by atoms with Crippen LogP contribution in [0.2, 0.25) is 0 Å². The predicted molar refractivity (Wildman–Crippen MR) is 120 cm³/mol. The van der Waals surface area contributed by atoms with Crippen LogP contribution in [0.5, 0.6) is 0 Å². The number of carbonyl (C=O) groups is 1. The second-order valence-electron chi connectivity index (χ2n) is 7.74. The van der Waals surface area contributed by atoms with Crippen LogP contribution in [0.1, 0.15) is 26.3 Å². The van der Waals surface area contributed by atoms with Gasteiger partial charge in [-0.15, -0.1) is 37.2 Å². The molecular weight excluding hydrogens is 407 g/mol. The normalized spacial score (nSPS) is 16.3. The van der Waals surface area contributed by atoms with Crippen LogP contribution in [0.25, 0.3) is 0 Å². The van der Waals surface area contributed by atoms with Crippen molar-refractivity contribution in [2.24, 2.45) is 11.1 Å². The average Bonchev–Trinajstić information content (AvgIpc) is 2.56. The molecule has 5 nitrogen and oxygen atoms in total. The van der Waals surface area contributed by atoms with E-state index in [-0.39, 0.29) is 48.5 Å². The molecule has 1 aliphatic rings. The van der Waals surface area contributed by atoms with E-state index in [9.17, 15) is 4.79 Å². The van der Waals surface area contributed by atoms with Crippen molar-refractivity contribution in [1.29, 1.82) is 0 Å². The number of nitrogens with two attached hydrogens (primary N) is 1. The molecule has 0 radical (unpaired) electrons. The Morgan fingerprint density at radius 1 is 1.04 bits per heavy atom. The topological polar surface area (TPSA) is 61.6 Å². The number of nitrogens with zero attached hydrogens (tertiary/aromatic N) is 2. The summed E-state index contributed by atoms with van der Waals surface area (Å²) >= 11 is 0. The van der Waals surface area contributed by atoms with Gasteiger partial charge in [-0.3, -0.25) is 14.6 Å². The van der Waals surface area contributed by atoms with E-state index in [1.807, 2.05) is 20.8 Å². The van der Waals surface area contributed by atoms with Gasteiger partial charge in [0, 0.05) is 45.8 Å². The van der Waals surface area contributed by atoms with E-state index in [2.05, 4.69) is 45.4 Å². The van der Waals surface area contributed by atoms with Crippen molar-refractivity contribution >= 4 is 43.1 Å². The molecule has 0 aliphatic carbocycles. The Labute approximate surface area is 182 Å². The van der Waals surface area contributed by atoms with E-state index in [0.717, 1.165) is 39.3 Å². The number of hydrogen-bond donors (Lipinski definition) is 2. The van der Waals surface area contributed by atoms with Gasteiger partial charge in [-0.25, -0.2) is 0 Å². The summed E-state index contributed by atoms with van der Waals surface area (Å²) in [5.41, 5.74) is 7.14. The highest BCUT2D eigenvalue weighted by atomic mass is 35.5. The lowest BCUT2D eigenvalue weighted by atomic mass is 9.87. The fourth-order valence-corrected chi connectivity index (χ4v) is 2.85. The second-order valence-corrected chi connectivity index (χ2v) is 7.74. The molecule has 1 aromatic carbocycles. The van der Waals surface area contributed by atoms with Crippen LogP contribution in [0, 0.1) is 5.41 Å². The number of nitrogens with one attached hydrogen (secondary N) is 1. The Balaban J connectivity index is 0. The molecule has 0 spiro atoms. The SMILES string of the molecule is CC(C)(C)[C@H](N)C(=O)NCCN1CCN(Cc2ccccc2)CC1.Cl.Cl.Cl. The van der Waals surface area contributed by atoms with Gasteiger partial charge in [0.1, 0.15) is 0 Å². The summed E-state index contributed by atoms with van der Waals surface area (Å²) in [4.78, 5) is 16.9. The van der Waals surface area contributed by atoms with Crippen molar-refractivity contribution in [3.05, 3.63) is 35.9 Å². The summed E-state index contributed by atoms with van der Waals surface area (Å²) in [6, 6.07) is 10.1. The standard InChI is InChI=1S/C19H32N4O.3ClH/c1-19(2,3)17(20)18(24)21-9-10-22-11-13-23(14-12-22)15-16-7-5-4-6-8-16;;;/h4-8,17H,9-15,20H2,1-3H3,(H,21,24);3*1H/t17-;;;/m1.../s1. The molecule has 0 aromatic heterocycles. The van der Waals surface area contributed by atoms with Gasteiger partial charge in [-0.2, -0.15) is 0 Å². The molecule has 1 amide bonds. The molecule has 1 fully saturated rings. The summed E-state index contributed by atoms with van der Waals surface area (Å²) in [5, 5.41) is 2.97. The maximum atomic E-state index is 12.0. The van der Waals surface area contributed by atoms with Gasteiger partial charge < -0.3 is 11.1 Å². The first-order valence-electron chi connectivity index (χ1n) is 8.88. The third-order valence-electron chi connectivity index (χ3n) is 4.66. The number of halogens is 3. The first-order chi connectivity index (χ1) is 11.4. The van der Waals surface area contributed by atoms with Gasteiger partial charge in [-0.1, -0.05) is 51.1 Å². The van der Waals surface area contributed by atoms with Crippen LogP contribution in [0.3, 0.4) is 0 Å². The van der Waals surface area contributed by atoms with Crippen LogP contribution >= 0.6 is 37.2 Å². The lowest BCUT2D eigenvalue weighted by Gasteiger charge is -2.35. The second kappa shape index (κ2) is 13.6. The van der Waals surface area contributed by atoms with Crippen LogP contribution < -0.4 is 11.1 Å². The molecule has 0 bridgehead atoms. The molecule has 1 aliphatic heterocycles. The minimum absolute atomic E-state index is 0. The monoisotopic (exact) mass is 440 g/mol. The van der Waals surface area contributed by atoms with Crippen molar-refractivity contribution in [3.63, 3.8) is 0 Å². The number of benzene rings is 1. The Morgan fingerprint density at radius 2 is 1.56 bits per heavy atom. The molecule has 3 N–H and O–H groups in total. The molecular formula is C19H35Cl3N4O. The first kappa shape index (κ1) is 28.6. The summed E-state index contributed by atoms with van der Waals surface area (Å²) in [6.07, 6.45) is 0. The van der Waals surface area contributed by atoms with Gasteiger partial charge in [0.2, 0.25) is 5.91 Å². The predicted octanol–water partition coefficient (Wildman–Crippen LogP) is 2.56. The largest absolute Gasteiger partial charge is 0.353 e. The zero-order valence-corrected chi connectivity index (χ0v) is 19.0. The van der Waals surface area contributed by atoms with Crippen molar-refractivity contribution in [3.8, 4) is 0 Å². The molecule has 1 heterocycles. The molecule has 158 valence electrons. The van der Waals surface area contributed by atoms with Gasteiger partial charge >= 0.3 is 0 Å². The van der Waals surface area contributed by atoms with Crippen LogP contribution in [0.4, 0.5) is 0 Å². The van der Waals surface area contributed by atoms with E-state index in [1.165, 1.54) is 5.56 Å². The van der Waals surface area contributed by atoms with Crippen molar-refractivity contribution < 1.29 is 4.79 Å². The maximum Gasteiger partial charge on any atom is 0.237 e. The average molecular weight is 442 g/mol. The zero-order valence-electron chi connectivity index (χ0n) is 16.5. The molecule has 8 heteroatoms. The number of amides is 1. The van der Waals surface area contributed by atoms with E-state index >= 15 is 0 Å². The number of carbonyl (C=O) groups excluding carboxylic acids is 1. The molecule has 0 unspecified atom stereocenters. The van der Waals surface area contributed by atoms with Crippen molar-refractivity contribution in [1.82, 2.24) is 15.1 Å². The third-order valence-corrected chi connectivity index (χ3v) is 4.66. The van der Waals surface area contributed by atoms with Crippen LogP contribution in [0.15, 0.2) is 30.3 Å². The minimum Gasteiger partial charge on any atom is -0.353 e. The Hall–Kier alpha value is -0.560. The van der Waals surface area contributed by atoms with Gasteiger partial charge in [0.05, 0.1) is 6.04 Å². The summed E-state index contributed by atoms with van der Waals surface area (Å²) in [5.74, 6) is -0.0507. The van der Waals surface area contributed by atoms with Gasteiger partial charge in [0.15, 0.2) is 0 Å². The minimum atomic E-state index is -0.458. The van der Waals surface area contributed by atoms with E-state index in [1.54, 1.807) is 0 Å². The summed E-state index contributed by atoms with van der Waals surface area (Å²) in [6.45, 7) is 12.8. The fourth-order valence-electron chi connectivity index (χ4n) is 2.85. The molecule has 2 rings (SSSR count). The molecule has 1 saturated heterocycles. The maximum absolute atomic E-state index is 12.0. The Kier molecular flexibility index (Phi) is 14.4. The highest BCUT2D eigenvalue weighted by Gasteiger charge is 2.27. The Bertz CT molecular complexity index is 517. The van der Waals surface area contributed by atoms with Crippen LogP contribution in [-0.2, 0) is 11.3 Å². The summed E-state index contributed by atoms with van der Waals surface area (Å²) in [7, 11) is 0. The number of piperazine rings is 1. The van der Waals surface area contributed by atoms with Crippen molar-refractivity contribution in [2.75, 3.05) is 39.3 Å². The van der Waals surface area contributed by atoms with Crippen molar-refractivity contribution in [2.45, 2.75) is 33.4 Å². The Morgan fingerprint density at radius 3 is 2.07 bits per heavy atom. The molecule has 1 atom stereocenters. The van der Waals surface area contributed by atoms with Gasteiger partial charge in [-0.05, 0) is 11.0 Å². The fraction of sp³-hybridized carbons (Fsp3) is 0.632. The first-order valence-corrected chi connectivity index (χ1v) is 8.88. The van der Waals surface area contributed by atoms with E-state index in [0.29, 0.717) is 6.54 Å². The highest BCUT2D eigenvalue weighted by molar-refractivity contribution is 5.86. The lowest BCUT2D eigenvalue weighted by molar-refractivity contribution is -0.124. The molecule has 0 saturated carbocycles. The number of rotatable bonds is 6. The zero-order chi connectivity index (χ0) is 17.6. The lowest BCUT2D eigenvalue weighted by Crippen LogP contribution is -2.51. The third kappa shape index (κ3) is 9.97. The summed E-state index contributed by atoms with van der Waals surface area (Å²) < 4.78 is 0.